The van der Waals surface area contributed by atoms with Crippen molar-refractivity contribution in [2.24, 2.45) is 0 Å². The Labute approximate surface area is 166 Å². The van der Waals surface area contributed by atoms with E-state index in [0.717, 1.165) is 16.8 Å². The Kier molecular flexibility index (Phi) is 5.34. The largest absolute Gasteiger partial charge is 0.459 e. The van der Waals surface area contributed by atoms with Crippen LogP contribution in [0.5, 0.6) is 6.01 Å². The molecule has 0 aliphatic rings. The minimum atomic E-state index is -0.288. The first-order valence-corrected chi connectivity index (χ1v) is 9.84. The van der Waals surface area contributed by atoms with Gasteiger partial charge in [-0.3, -0.25) is 0 Å². The summed E-state index contributed by atoms with van der Waals surface area (Å²) in [7, 11) is 0. The number of ether oxygens (including phenoxy) is 1. The maximum absolute atomic E-state index is 13.2. The molecule has 4 rings (SSSR count). The molecular weight excluding hydrogens is 375 g/mol. The van der Waals surface area contributed by atoms with E-state index < -0.39 is 0 Å². The summed E-state index contributed by atoms with van der Waals surface area (Å²) in [5, 5.41) is 0. The van der Waals surface area contributed by atoms with Gasteiger partial charge in [0.2, 0.25) is 0 Å². The standard InChI is InChI=1S/C21H17FN4OS/c1-28-17-8-2-14(3-9-17)12-27-21-23-11-10-18(26-21)20-19(24-13-25-20)15-4-6-16(22)7-5-15/h2-11,13H,12H2,1H3,(H,24,25). The van der Waals surface area contributed by atoms with Crippen LogP contribution in [0.25, 0.3) is 22.6 Å². The lowest BCUT2D eigenvalue weighted by molar-refractivity contribution is 0.281. The lowest BCUT2D eigenvalue weighted by Gasteiger charge is -2.07. The predicted molar refractivity (Wildman–Crippen MR) is 108 cm³/mol. The van der Waals surface area contributed by atoms with E-state index in [0.29, 0.717) is 18.0 Å². The van der Waals surface area contributed by atoms with E-state index in [4.69, 9.17) is 4.74 Å². The molecule has 0 unspecified atom stereocenters. The van der Waals surface area contributed by atoms with Crippen LogP contribution in [0.1, 0.15) is 5.56 Å². The maximum Gasteiger partial charge on any atom is 0.317 e. The summed E-state index contributed by atoms with van der Waals surface area (Å²) < 4.78 is 19.0. The van der Waals surface area contributed by atoms with Crippen LogP contribution in [-0.2, 0) is 6.61 Å². The van der Waals surface area contributed by atoms with Crippen molar-refractivity contribution < 1.29 is 9.13 Å². The van der Waals surface area contributed by atoms with Crippen molar-refractivity contribution in [1.82, 2.24) is 19.9 Å². The first kappa shape index (κ1) is 18.2. The van der Waals surface area contributed by atoms with Crippen LogP contribution in [0, 0.1) is 5.82 Å². The highest BCUT2D eigenvalue weighted by atomic mass is 32.2. The number of aromatic amines is 1. The van der Waals surface area contributed by atoms with Crippen LogP contribution in [0.15, 0.2) is 72.0 Å². The van der Waals surface area contributed by atoms with E-state index in [1.54, 1.807) is 42.5 Å². The molecule has 2 heterocycles. The van der Waals surface area contributed by atoms with Gasteiger partial charge >= 0.3 is 6.01 Å². The van der Waals surface area contributed by atoms with Crippen LogP contribution in [0.3, 0.4) is 0 Å². The first-order valence-electron chi connectivity index (χ1n) is 8.61. The minimum Gasteiger partial charge on any atom is -0.459 e. The van der Waals surface area contributed by atoms with Crippen molar-refractivity contribution in [1.29, 1.82) is 0 Å². The van der Waals surface area contributed by atoms with Crippen LogP contribution in [0.2, 0.25) is 0 Å². The molecule has 0 bridgehead atoms. The number of hydrogen-bond acceptors (Lipinski definition) is 5. The Balaban J connectivity index is 1.54. The second kappa shape index (κ2) is 8.22. The van der Waals surface area contributed by atoms with Crippen molar-refractivity contribution >= 4 is 11.8 Å². The Morgan fingerprint density at radius 3 is 2.54 bits per heavy atom. The van der Waals surface area contributed by atoms with E-state index in [-0.39, 0.29) is 11.8 Å². The summed E-state index contributed by atoms with van der Waals surface area (Å²) in [4.78, 5) is 17.3. The van der Waals surface area contributed by atoms with Crippen LogP contribution in [-0.4, -0.2) is 26.2 Å². The average Bonchev–Trinajstić information content (AvgIpc) is 3.23. The molecule has 1 N–H and O–H groups in total. The molecule has 0 aliphatic heterocycles. The van der Waals surface area contributed by atoms with E-state index in [1.165, 1.54) is 17.0 Å². The number of rotatable bonds is 6. The predicted octanol–water partition coefficient (Wildman–Crippen LogP) is 4.97. The first-order chi connectivity index (χ1) is 13.7. The molecule has 28 heavy (non-hydrogen) atoms. The SMILES string of the molecule is CSc1ccc(COc2nccc(-c3[nH]cnc3-c3ccc(F)cc3)n2)cc1. The highest BCUT2D eigenvalue weighted by molar-refractivity contribution is 7.98. The molecule has 0 saturated heterocycles. The zero-order valence-corrected chi connectivity index (χ0v) is 15.9. The summed E-state index contributed by atoms with van der Waals surface area (Å²) in [6.45, 7) is 0.381. The number of halogens is 1. The van der Waals surface area contributed by atoms with Crippen molar-refractivity contribution in [3.63, 3.8) is 0 Å². The second-order valence-electron chi connectivity index (χ2n) is 5.99. The van der Waals surface area contributed by atoms with E-state index >= 15 is 0 Å². The molecular formula is C21H17FN4OS. The summed E-state index contributed by atoms with van der Waals surface area (Å²) in [5.74, 6) is -0.288. The number of nitrogens with one attached hydrogen (secondary N) is 1. The molecule has 7 heteroatoms. The lowest BCUT2D eigenvalue weighted by Crippen LogP contribution is -2.00. The summed E-state index contributed by atoms with van der Waals surface area (Å²) in [6.07, 6.45) is 5.27. The van der Waals surface area contributed by atoms with Gasteiger partial charge in [0.1, 0.15) is 12.4 Å². The minimum absolute atomic E-state index is 0.283. The fourth-order valence-corrected chi connectivity index (χ4v) is 3.14. The molecule has 0 saturated carbocycles. The van der Waals surface area contributed by atoms with Gasteiger partial charge in [-0.2, -0.15) is 4.98 Å². The molecule has 0 spiro atoms. The Bertz CT molecular complexity index is 1060. The third-order valence-electron chi connectivity index (χ3n) is 4.17. The molecule has 4 aromatic rings. The Morgan fingerprint density at radius 1 is 1.00 bits per heavy atom. The van der Waals surface area contributed by atoms with E-state index in [1.807, 2.05) is 18.4 Å². The van der Waals surface area contributed by atoms with Gasteiger partial charge in [0, 0.05) is 16.7 Å². The third kappa shape index (κ3) is 4.04. The summed E-state index contributed by atoms with van der Waals surface area (Å²) in [5.41, 5.74) is 3.91. The average molecular weight is 392 g/mol. The fraction of sp³-hybridized carbons (Fsp3) is 0.0952. The quantitative estimate of drug-likeness (QED) is 0.469. The Hall–Kier alpha value is -3.19. The van der Waals surface area contributed by atoms with Gasteiger partial charge < -0.3 is 9.72 Å². The van der Waals surface area contributed by atoms with Gasteiger partial charge in [-0.1, -0.05) is 12.1 Å². The fourth-order valence-electron chi connectivity index (χ4n) is 2.74. The van der Waals surface area contributed by atoms with Crippen LogP contribution < -0.4 is 4.74 Å². The van der Waals surface area contributed by atoms with Gasteiger partial charge in [0.25, 0.3) is 0 Å². The zero-order valence-electron chi connectivity index (χ0n) is 15.1. The number of hydrogen-bond donors (Lipinski definition) is 1. The zero-order chi connectivity index (χ0) is 19.3. The van der Waals surface area contributed by atoms with E-state index in [9.17, 15) is 4.39 Å². The van der Waals surface area contributed by atoms with Crippen LogP contribution >= 0.6 is 11.8 Å². The molecule has 2 aromatic carbocycles. The molecule has 0 fully saturated rings. The second-order valence-corrected chi connectivity index (χ2v) is 6.87. The third-order valence-corrected chi connectivity index (χ3v) is 4.92. The molecule has 2 aromatic heterocycles. The van der Waals surface area contributed by atoms with Crippen molar-refractivity contribution in [2.75, 3.05) is 6.26 Å². The highest BCUT2D eigenvalue weighted by Gasteiger charge is 2.13. The molecule has 140 valence electrons. The summed E-state index contributed by atoms with van der Waals surface area (Å²) >= 11 is 1.70. The maximum atomic E-state index is 13.2. The van der Waals surface area contributed by atoms with Gasteiger partial charge in [-0.15, -0.1) is 11.8 Å². The van der Waals surface area contributed by atoms with Crippen LogP contribution in [0.4, 0.5) is 4.39 Å². The van der Waals surface area contributed by atoms with Gasteiger partial charge in [0.15, 0.2) is 0 Å². The topological polar surface area (TPSA) is 63.7 Å². The molecule has 0 amide bonds. The number of imidazole rings is 1. The van der Waals surface area contributed by atoms with E-state index in [2.05, 4.69) is 32.1 Å². The monoisotopic (exact) mass is 392 g/mol. The normalized spacial score (nSPS) is 10.8. The molecule has 5 nitrogen and oxygen atoms in total. The molecule has 0 atom stereocenters. The highest BCUT2D eigenvalue weighted by Crippen LogP contribution is 2.28. The number of benzene rings is 2. The van der Waals surface area contributed by atoms with Gasteiger partial charge in [0.05, 0.1) is 23.4 Å². The van der Waals surface area contributed by atoms with Crippen molar-refractivity contribution in [3.8, 4) is 28.7 Å². The van der Waals surface area contributed by atoms with Gasteiger partial charge in [-0.05, 0) is 54.3 Å². The number of nitrogens with zero attached hydrogens (tertiary/aromatic N) is 3. The number of H-pyrrole nitrogens is 1. The molecule has 0 aliphatic carbocycles. The number of aromatic nitrogens is 4. The smallest absolute Gasteiger partial charge is 0.317 e. The lowest BCUT2D eigenvalue weighted by atomic mass is 10.1. The van der Waals surface area contributed by atoms with Crippen molar-refractivity contribution in [2.45, 2.75) is 11.5 Å². The summed E-state index contributed by atoms with van der Waals surface area (Å²) in [6, 6.07) is 16.4. The van der Waals surface area contributed by atoms with Crippen molar-refractivity contribution in [3.05, 3.63) is 78.5 Å². The Morgan fingerprint density at radius 2 is 1.79 bits per heavy atom. The number of thioether (sulfide) groups is 1. The molecule has 0 radical (unpaired) electrons. The van der Waals surface area contributed by atoms with Gasteiger partial charge in [-0.25, -0.2) is 14.4 Å².